The zero-order valence-corrected chi connectivity index (χ0v) is 14.6. The minimum Gasteiger partial charge on any atom is -0.465 e. The van der Waals surface area contributed by atoms with Crippen molar-refractivity contribution in [1.82, 2.24) is 5.32 Å². The van der Waals surface area contributed by atoms with E-state index in [4.69, 9.17) is 4.74 Å². The van der Waals surface area contributed by atoms with Crippen LogP contribution < -0.4 is 10.6 Å². The van der Waals surface area contributed by atoms with Gasteiger partial charge in [0, 0.05) is 18.2 Å². The number of alkyl halides is 2. The van der Waals surface area contributed by atoms with Gasteiger partial charge in [-0.15, -0.1) is 0 Å². The first-order valence-electron chi connectivity index (χ1n) is 7.84. The van der Waals surface area contributed by atoms with E-state index in [2.05, 4.69) is 15.4 Å². The fraction of sp³-hybridized carbons (Fsp3) is 0.529. The van der Waals surface area contributed by atoms with Gasteiger partial charge in [0.05, 0.1) is 19.2 Å². The maximum atomic E-state index is 13.6. The number of ether oxygens (including phenoxy) is 2. The number of carbonyl (C=O) groups is 2. The highest BCUT2D eigenvalue weighted by molar-refractivity contribution is 5.92. The van der Waals surface area contributed by atoms with Crippen LogP contribution >= 0.6 is 0 Å². The van der Waals surface area contributed by atoms with Gasteiger partial charge >= 0.3 is 12.1 Å². The number of methoxy groups -OCH3 is 1. The number of rotatable bonds is 3. The van der Waals surface area contributed by atoms with Crippen molar-refractivity contribution in [3.8, 4) is 0 Å². The maximum Gasteiger partial charge on any atom is 0.412 e. The highest BCUT2D eigenvalue weighted by Gasteiger charge is 2.40. The summed E-state index contributed by atoms with van der Waals surface area (Å²) in [5.74, 6) is -3.44. The Morgan fingerprint density at radius 2 is 2.00 bits per heavy atom. The van der Waals surface area contributed by atoms with E-state index in [1.54, 1.807) is 20.8 Å². The number of hydrogen-bond donors (Lipinski definition) is 2. The molecule has 0 saturated carbocycles. The molecule has 1 aromatic rings. The van der Waals surface area contributed by atoms with Crippen LogP contribution in [-0.4, -0.2) is 37.2 Å². The van der Waals surface area contributed by atoms with E-state index in [1.807, 2.05) is 0 Å². The number of benzene rings is 1. The largest absolute Gasteiger partial charge is 0.465 e. The number of esters is 1. The molecule has 0 spiro atoms. The molecule has 1 fully saturated rings. The molecule has 8 heteroatoms. The molecular weight excluding hydrogens is 334 g/mol. The van der Waals surface area contributed by atoms with Gasteiger partial charge in [-0.1, -0.05) is 0 Å². The number of carbonyl (C=O) groups excluding carboxylic acids is 2. The number of hydrogen-bond acceptors (Lipinski definition) is 5. The summed E-state index contributed by atoms with van der Waals surface area (Å²) < 4.78 is 37.0. The first-order valence-corrected chi connectivity index (χ1v) is 7.84. The van der Waals surface area contributed by atoms with E-state index in [0.717, 1.165) is 0 Å². The molecule has 1 amide bonds. The summed E-state index contributed by atoms with van der Waals surface area (Å²) >= 11 is 0. The molecule has 138 valence electrons. The van der Waals surface area contributed by atoms with Crippen molar-refractivity contribution in [2.75, 3.05) is 19.0 Å². The molecule has 2 N–H and O–H groups in total. The minimum atomic E-state index is -2.85. The van der Waals surface area contributed by atoms with Crippen LogP contribution in [0, 0.1) is 0 Å². The fourth-order valence-corrected chi connectivity index (χ4v) is 2.56. The molecule has 1 saturated heterocycles. The van der Waals surface area contributed by atoms with Crippen LogP contribution in [0.25, 0.3) is 0 Å². The fourth-order valence-electron chi connectivity index (χ4n) is 2.56. The molecular formula is C17H22F2N2O4. The predicted octanol–water partition coefficient (Wildman–Crippen LogP) is 3.49. The van der Waals surface area contributed by atoms with Gasteiger partial charge in [0.1, 0.15) is 5.60 Å². The van der Waals surface area contributed by atoms with Crippen LogP contribution in [0.4, 0.5) is 19.3 Å². The predicted molar refractivity (Wildman–Crippen MR) is 87.9 cm³/mol. The molecule has 1 heterocycles. The number of halogens is 2. The standard InChI is InChI=1S/C17H22F2N2O4/c1-16(2,3)25-15(23)21-12-6-5-10(14(22)24-4)7-11(12)13-8-17(18,19)9-20-13/h5-7,13,20H,8-9H2,1-4H3,(H,21,23)/t13-/m1/s1. The Kier molecular flexibility index (Phi) is 5.31. The summed E-state index contributed by atoms with van der Waals surface area (Å²) in [6, 6.07) is 3.67. The zero-order valence-electron chi connectivity index (χ0n) is 14.6. The van der Waals surface area contributed by atoms with E-state index in [0.29, 0.717) is 11.3 Å². The van der Waals surface area contributed by atoms with Crippen LogP contribution in [-0.2, 0) is 9.47 Å². The topological polar surface area (TPSA) is 76.7 Å². The van der Waals surface area contributed by atoms with Crippen molar-refractivity contribution in [3.63, 3.8) is 0 Å². The first-order chi connectivity index (χ1) is 11.5. The number of anilines is 1. The third-order valence-corrected chi connectivity index (χ3v) is 3.59. The lowest BCUT2D eigenvalue weighted by molar-refractivity contribution is 0.0210. The molecule has 1 atom stereocenters. The highest BCUT2D eigenvalue weighted by Crippen LogP contribution is 2.37. The minimum absolute atomic E-state index is 0.212. The lowest BCUT2D eigenvalue weighted by Gasteiger charge is -2.22. The lowest BCUT2D eigenvalue weighted by Crippen LogP contribution is -2.28. The number of nitrogens with one attached hydrogen (secondary N) is 2. The van der Waals surface area contributed by atoms with Gasteiger partial charge in [0.25, 0.3) is 5.92 Å². The Hall–Kier alpha value is -2.22. The zero-order chi connectivity index (χ0) is 18.8. The Bertz CT molecular complexity index is 671. The quantitative estimate of drug-likeness (QED) is 0.811. The summed E-state index contributed by atoms with van der Waals surface area (Å²) in [6.45, 7) is 4.68. The van der Waals surface area contributed by atoms with Crippen molar-refractivity contribution in [1.29, 1.82) is 0 Å². The average molecular weight is 356 g/mol. The molecule has 0 aliphatic carbocycles. The molecule has 6 nitrogen and oxygen atoms in total. The van der Waals surface area contributed by atoms with Gasteiger partial charge < -0.3 is 14.8 Å². The summed E-state index contributed by atoms with van der Waals surface area (Å²) in [6.07, 6.45) is -1.13. The van der Waals surface area contributed by atoms with Crippen LogP contribution in [0.2, 0.25) is 0 Å². The summed E-state index contributed by atoms with van der Waals surface area (Å²) in [4.78, 5) is 23.7. The van der Waals surface area contributed by atoms with Gasteiger partial charge in [-0.25, -0.2) is 18.4 Å². The molecule has 1 aromatic carbocycles. The second-order valence-corrected chi connectivity index (χ2v) is 6.91. The van der Waals surface area contributed by atoms with E-state index in [1.165, 1.54) is 25.3 Å². The van der Waals surface area contributed by atoms with E-state index in [9.17, 15) is 18.4 Å². The smallest absolute Gasteiger partial charge is 0.412 e. The third-order valence-electron chi connectivity index (χ3n) is 3.59. The summed E-state index contributed by atoms with van der Waals surface area (Å²) in [7, 11) is 1.23. The SMILES string of the molecule is COC(=O)c1ccc(NC(=O)OC(C)(C)C)c([C@H]2CC(F)(F)CN2)c1. The lowest BCUT2D eigenvalue weighted by atomic mass is 9.99. The monoisotopic (exact) mass is 356 g/mol. The second-order valence-electron chi connectivity index (χ2n) is 6.91. The van der Waals surface area contributed by atoms with Crippen molar-refractivity contribution in [2.45, 2.75) is 44.8 Å². The van der Waals surface area contributed by atoms with Crippen LogP contribution in [0.1, 0.15) is 49.2 Å². The maximum absolute atomic E-state index is 13.6. The Labute approximate surface area is 144 Å². The Morgan fingerprint density at radius 3 is 2.52 bits per heavy atom. The Balaban J connectivity index is 2.31. The van der Waals surface area contributed by atoms with E-state index in [-0.39, 0.29) is 5.56 Å². The first kappa shape index (κ1) is 19.1. The van der Waals surface area contributed by atoms with Crippen molar-refractivity contribution >= 4 is 17.7 Å². The van der Waals surface area contributed by atoms with Gasteiger partial charge in [-0.2, -0.15) is 0 Å². The van der Waals surface area contributed by atoms with E-state index < -0.39 is 42.6 Å². The molecule has 0 bridgehead atoms. The van der Waals surface area contributed by atoms with Gasteiger partial charge in [-0.3, -0.25) is 5.32 Å². The average Bonchev–Trinajstić information content (AvgIpc) is 2.84. The van der Waals surface area contributed by atoms with Crippen LogP contribution in [0.3, 0.4) is 0 Å². The molecule has 0 aromatic heterocycles. The molecule has 1 aliphatic heterocycles. The third kappa shape index (κ3) is 5.12. The number of amides is 1. The van der Waals surface area contributed by atoms with Crippen LogP contribution in [0.15, 0.2) is 18.2 Å². The van der Waals surface area contributed by atoms with Gasteiger partial charge in [0.2, 0.25) is 0 Å². The summed E-state index contributed by atoms with van der Waals surface area (Å²) in [5.41, 5.74) is 0.196. The molecule has 25 heavy (non-hydrogen) atoms. The molecule has 2 rings (SSSR count). The Morgan fingerprint density at radius 1 is 1.32 bits per heavy atom. The van der Waals surface area contributed by atoms with E-state index >= 15 is 0 Å². The van der Waals surface area contributed by atoms with Gasteiger partial charge in [0.15, 0.2) is 0 Å². The molecule has 0 radical (unpaired) electrons. The van der Waals surface area contributed by atoms with Gasteiger partial charge in [-0.05, 0) is 44.5 Å². The van der Waals surface area contributed by atoms with Crippen molar-refractivity contribution < 1.29 is 27.8 Å². The second kappa shape index (κ2) is 6.95. The van der Waals surface area contributed by atoms with Crippen LogP contribution in [0.5, 0.6) is 0 Å². The molecule has 0 unspecified atom stereocenters. The highest BCUT2D eigenvalue weighted by atomic mass is 19.3. The van der Waals surface area contributed by atoms with Crippen molar-refractivity contribution in [2.24, 2.45) is 0 Å². The van der Waals surface area contributed by atoms with Crippen molar-refractivity contribution in [3.05, 3.63) is 29.3 Å². The molecule has 1 aliphatic rings. The summed E-state index contributed by atoms with van der Waals surface area (Å²) in [5, 5.41) is 5.27. The normalized spacial score (nSPS) is 19.4.